The molecule has 0 spiro atoms. The monoisotopic (exact) mass is 449 g/mol. The summed E-state index contributed by atoms with van der Waals surface area (Å²) in [5, 5.41) is 15.1. The summed E-state index contributed by atoms with van der Waals surface area (Å²) in [7, 11) is 0. The fourth-order valence-electron chi connectivity index (χ4n) is 3.69. The zero-order valence-corrected chi connectivity index (χ0v) is 18.8. The van der Waals surface area contributed by atoms with Crippen molar-refractivity contribution in [2.24, 2.45) is 0 Å². The number of esters is 1. The lowest BCUT2D eigenvalue weighted by Crippen LogP contribution is -2.08. The van der Waals surface area contributed by atoms with Crippen molar-refractivity contribution in [2.45, 2.75) is 34.1 Å². The molecule has 4 rings (SSSR count). The largest absolute Gasteiger partial charge is 0.462 e. The highest BCUT2D eigenvalue weighted by molar-refractivity contribution is 5.92. The Kier molecular flexibility index (Phi) is 6.16. The van der Waals surface area contributed by atoms with Crippen LogP contribution in [0, 0.1) is 19.7 Å². The van der Waals surface area contributed by atoms with Crippen LogP contribution in [0.3, 0.4) is 0 Å². The topological polar surface area (TPSA) is 111 Å². The van der Waals surface area contributed by atoms with Crippen LogP contribution >= 0.6 is 0 Å². The van der Waals surface area contributed by atoms with Crippen molar-refractivity contribution in [1.29, 1.82) is 0 Å². The number of ether oxygens (including phenoxy) is 1. The van der Waals surface area contributed by atoms with Gasteiger partial charge >= 0.3 is 5.97 Å². The smallest absolute Gasteiger partial charge is 0.341 e. The highest BCUT2D eigenvalue weighted by Crippen LogP contribution is 2.29. The fourth-order valence-corrected chi connectivity index (χ4v) is 3.69. The van der Waals surface area contributed by atoms with E-state index in [0.717, 1.165) is 16.8 Å². The molecule has 3 aromatic heterocycles. The number of anilines is 2. The molecule has 0 atom stereocenters. The number of rotatable bonds is 7. The number of carbonyl (C=O) groups excluding carboxylic acids is 1. The van der Waals surface area contributed by atoms with Gasteiger partial charge in [-0.15, -0.1) is 0 Å². The molecule has 170 valence electrons. The average molecular weight is 449 g/mol. The second kappa shape index (κ2) is 9.19. The van der Waals surface area contributed by atoms with E-state index in [1.165, 1.54) is 18.5 Å². The normalized spacial score (nSPS) is 10.9. The first-order chi connectivity index (χ1) is 15.9. The maximum absolute atomic E-state index is 13.3. The minimum atomic E-state index is -0.413. The van der Waals surface area contributed by atoms with Crippen molar-refractivity contribution in [3.63, 3.8) is 0 Å². The Hall–Kier alpha value is -4.08. The standard InChI is InChI=1S/C23H24FN7O2/c1-5-17-21(15-7-9-16(24)10-8-15)28-29-22(17)27-18-11-19(26-12-25-18)31-14(4)20(13(3)30-31)23(32)33-6-2/h7-12H,5-6H2,1-4H3,(H2,25,26,27,28,29). The van der Waals surface area contributed by atoms with Crippen LogP contribution in [0.4, 0.5) is 16.0 Å². The number of aryl methyl sites for hydroxylation is 1. The van der Waals surface area contributed by atoms with Crippen LogP contribution in [0.1, 0.15) is 41.2 Å². The van der Waals surface area contributed by atoms with Gasteiger partial charge in [-0.1, -0.05) is 6.92 Å². The van der Waals surface area contributed by atoms with Gasteiger partial charge in [0.15, 0.2) is 11.6 Å². The summed E-state index contributed by atoms with van der Waals surface area (Å²) in [6, 6.07) is 7.97. The van der Waals surface area contributed by atoms with Crippen LogP contribution in [0.5, 0.6) is 0 Å². The molecule has 0 saturated carbocycles. The maximum Gasteiger partial charge on any atom is 0.341 e. The Bertz CT molecular complexity index is 1290. The summed E-state index contributed by atoms with van der Waals surface area (Å²) in [5.74, 6) is 0.914. The van der Waals surface area contributed by atoms with Crippen LogP contribution in [0.2, 0.25) is 0 Å². The lowest BCUT2D eigenvalue weighted by atomic mass is 10.1. The van der Waals surface area contributed by atoms with Crippen LogP contribution in [0.25, 0.3) is 17.1 Å². The number of halogens is 1. The second-order valence-corrected chi connectivity index (χ2v) is 7.35. The molecule has 2 N–H and O–H groups in total. The number of aromatic nitrogens is 6. The number of benzene rings is 1. The summed E-state index contributed by atoms with van der Waals surface area (Å²) >= 11 is 0. The van der Waals surface area contributed by atoms with Crippen molar-refractivity contribution in [1.82, 2.24) is 29.9 Å². The number of hydrogen-bond acceptors (Lipinski definition) is 7. The van der Waals surface area contributed by atoms with Crippen molar-refractivity contribution in [2.75, 3.05) is 11.9 Å². The highest BCUT2D eigenvalue weighted by atomic mass is 19.1. The third-order valence-electron chi connectivity index (χ3n) is 5.24. The van der Waals surface area contributed by atoms with Crippen LogP contribution < -0.4 is 5.32 Å². The average Bonchev–Trinajstić information content (AvgIpc) is 3.34. The Balaban J connectivity index is 1.65. The van der Waals surface area contributed by atoms with Crippen molar-refractivity contribution in [3.8, 4) is 17.1 Å². The number of nitrogens with one attached hydrogen (secondary N) is 2. The van der Waals surface area contributed by atoms with Crippen molar-refractivity contribution >= 4 is 17.6 Å². The van der Waals surface area contributed by atoms with E-state index in [0.29, 0.717) is 40.8 Å². The van der Waals surface area contributed by atoms with Crippen molar-refractivity contribution < 1.29 is 13.9 Å². The molecule has 9 nitrogen and oxygen atoms in total. The maximum atomic E-state index is 13.3. The minimum Gasteiger partial charge on any atom is -0.462 e. The molecule has 0 unspecified atom stereocenters. The predicted molar refractivity (Wildman–Crippen MR) is 121 cm³/mol. The number of carbonyl (C=O) groups is 1. The van der Waals surface area contributed by atoms with Gasteiger partial charge < -0.3 is 10.1 Å². The zero-order chi connectivity index (χ0) is 23.5. The molecule has 0 bridgehead atoms. The molecule has 10 heteroatoms. The van der Waals surface area contributed by atoms with Gasteiger partial charge in [0, 0.05) is 17.2 Å². The first-order valence-corrected chi connectivity index (χ1v) is 10.6. The summed E-state index contributed by atoms with van der Waals surface area (Å²) in [6.45, 7) is 7.61. The minimum absolute atomic E-state index is 0.286. The van der Waals surface area contributed by atoms with E-state index in [9.17, 15) is 9.18 Å². The van der Waals surface area contributed by atoms with Gasteiger partial charge in [0.2, 0.25) is 0 Å². The molecule has 1 aromatic carbocycles. The summed E-state index contributed by atoms with van der Waals surface area (Å²) in [4.78, 5) is 20.9. The number of nitrogens with zero attached hydrogens (tertiary/aromatic N) is 5. The number of hydrogen-bond donors (Lipinski definition) is 2. The molecular weight excluding hydrogens is 425 g/mol. The van der Waals surface area contributed by atoms with Crippen molar-refractivity contribution in [3.05, 3.63) is 65.0 Å². The molecule has 0 aliphatic heterocycles. The molecular formula is C23H24FN7O2. The van der Waals surface area contributed by atoms with Gasteiger partial charge in [-0.25, -0.2) is 23.8 Å². The van der Waals surface area contributed by atoms with Gasteiger partial charge in [-0.05, 0) is 51.5 Å². The molecule has 0 amide bonds. The zero-order valence-electron chi connectivity index (χ0n) is 18.8. The lowest BCUT2D eigenvalue weighted by Gasteiger charge is -2.08. The van der Waals surface area contributed by atoms with Gasteiger partial charge in [0.1, 0.15) is 23.5 Å². The lowest BCUT2D eigenvalue weighted by molar-refractivity contribution is 0.0524. The molecule has 0 radical (unpaired) electrons. The Morgan fingerprint density at radius 2 is 1.94 bits per heavy atom. The Morgan fingerprint density at radius 1 is 1.18 bits per heavy atom. The van der Waals surface area contributed by atoms with E-state index in [4.69, 9.17) is 4.74 Å². The van der Waals surface area contributed by atoms with E-state index >= 15 is 0 Å². The van der Waals surface area contributed by atoms with Crippen LogP contribution in [-0.2, 0) is 11.2 Å². The predicted octanol–water partition coefficient (Wildman–Crippen LogP) is 4.29. The van der Waals surface area contributed by atoms with Crippen LogP contribution in [0.15, 0.2) is 36.7 Å². The molecule has 0 aliphatic rings. The quantitative estimate of drug-likeness (QED) is 0.405. The first-order valence-electron chi connectivity index (χ1n) is 10.6. The van der Waals surface area contributed by atoms with Gasteiger partial charge in [0.05, 0.1) is 23.7 Å². The van der Waals surface area contributed by atoms with E-state index in [1.54, 1.807) is 43.7 Å². The molecule has 33 heavy (non-hydrogen) atoms. The van der Waals surface area contributed by atoms with Gasteiger partial charge in [-0.2, -0.15) is 10.2 Å². The molecule has 0 fully saturated rings. The summed E-state index contributed by atoms with van der Waals surface area (Å²) < 4.78 is 20.0. The van der Waals surface area contributed by atoms with Gasteiger partial charge in [0.25, 0.3) is 0 Å². The SMILES string of the molecule is CCOC(=O)c1c(C)nn(-c2cc(Nc3n[nH]c(-c4ccc(F)cc4)c3CC)ncn2)c1C. The molecule has 4 aromatic rings. The van der Waals surface area contributed by atoms with E-state index < -0.39 is 5.97 Å². The van der Waals surface area contributed by atoms with Gasteiger partial charge in [-0.3, -0.25) is 5.10 Å². The Labute approximate surface area is 190 Å². The number of aromatic amines is 1. The van der Waals surface area contributed by atoms with E-state index in [-0.39, 0.29) is 12.4 Å². The first kappa shape index (κ1) is 22.1. The third-order valence-corrected chi connectivity index (χ3v) is 5.24. The molecule has 0 aliphatic carbocycles. The highest BCUT2D eigenvalue weighted by Gasteiger charge is 2.21. The van der Waals surface area contributed by atoms with E-state index in [1.807, 2.05) is 6.92 Å². The fraction of sp³-hybridized carbons (Fsp3) is 0.261. The summed E-state index contributed by atoms with van der Waals surface area (Å²) in [6.07, 6.45) is 2.11. The second-order valence-electron chi connectivity index (χ2n) is 7.35. The Morgan fingerprint density at radius 3 is 2.64 bits per heavy atom. The molecule has 3 heterocycles. The summed E-state index contributed by atoms with van der Waals surface area (Å²) in [5.41, 5.74) is 4.21. The van der Waals surface area contributed by atoms with Crippen LogP contribution in [-0.4, -0.2) is 42.5 Å². The third kappa shape index (κ3) is 4.32. The van der Waals surface area contributed by atoms with E-state index in [2.05, 4.69) is 30.6 Å². The molecule has 0 saturated heterocycles. The number of H-pyrrole nitrogens is 1.